The van der Waals surface area contributed by atoms with Gasteiger partial charge in [-0.1, -0.05) is 13.8 Å². The highest BCUT2D eigenvalue weighted by Crippen LogP contribution is 2.34. The number of aliphatic hydroxyl groups is 1. The van der Waals surface area contributed by atoms with Gasteiger partial charge in [-0.25, -0.2) is 13.8 Å². The Hall–Kier alpha value is -4.81. The molecule has 5 aromatic rings. The Morgan fingerprint density at radius 3 is 2.49 bits per heavy atom. The predicted octanol–water partition coefficient (Wildman–Crippen LogP) is 5.77. The van der Waals surface area contributed by atoms with E-state index in [4.69, 9.17) is 4.74 Å². The Labute approximate surface area is 251 Å². The smallest absolute Gasteiger partial charge is 0.267 e. The van der Waals surface area contributed by atoms with Crippen molar-refractivity contribution < 1.29 is 23.4 Å². The third-order valence-corrected chi connectivity index (χ3v) is 6.54. The van der Waals surface area contributed by atoms with Gasteiger partial charge in [-0.3, -0.25) is 19.3 Å². The molecule has 0 fully saturated rings. The highest BCUT2D eigenvalue weighted by atomic mass is 35.5. The van der Waals surface area contributed by atoms with Crippen LogP contribution in [0.15, 0.2) is 71.8 Å². The zero-order chi connectivity index (χ0) is 30.0. The number of carbonyl (C=O) groups excluding carboxylic acids is 1. The van der Waals surface area contributed by atoms with Crippen LogP contribution in [0.1, 0.15) is 42.6 Å². The predicted molar refractivity (Wildman–Crippen MR) is 162 cm³/mol. The number of nitrogens with one attached hydrogen (secondary N) is 3. The number of fused-ring (bicyclic) bond motifs is 1. The fourth-order valence-corrected chi connectivity index (χ4v) is 4.24. The van der Waals surface area contributed by atoms with Crippen LogP contribution in [0, 0.1) is 11.6 Å². The van der Waals surface area contributed by atoms with Crippen LogP contribution in [0.5, 0.6) is 11.5 Å². The molecule has 1 amide bonds. The van der Waals surface area contributed by atoms with Crippen molar-refractivity contribution in [2.45, 2.75) is 32.7 Å². The Balaban J connectivity index is 0.00000423. The van der Waals surface area contributed by atoms with E-state index in [1.54, 1.807) is 19.2 Å². The summed E-state index contributed by atoms with van der Waals surface area (Å²) in [5.74, 6) is -1.43. The number of amides is 1. The molecule has 10 nitrogen and oxygen atoms in total. The van der Waals surface area contributed by atoms with E-state index in [0.29, 0.717) is 28.1 Å². The van der Waals surface area contributed by atoms with Crippen molar-refractivity contribution in [3.8, 4) is 17.2 Å². The van der Waals surface area contributed by atoms with Crippen molar-refractivity contribution >= 4 is 40.9 Å². The molecule has 0 saturated heterocycles. The van der Waals surface area contributed by atoms with E-state index in [1.807, 2.05) is 13.8 Å². The normalized spacial score (nSPS) is 11.7. The Bertz CT molecular complexity index is 1820. The average molecular weight is 611 g/mol. The summed E-state index contributed by atoms with van der Waals surface area (Å²) in [6.07, 6.45) is 3.09. The lowest BCUT2D eigenvalue weighted by Crippen LogP contribution is -2.29. The standard InChI is InChI=1S/C30H28F2N6O4.ClH/c1-16(2)18-12-22(30(41)38(14-18)21-7-4-19(31)5-8-21)29(40)35-20-6-9-24(23(32)13-20)42-25-10-11-33-27-26(25)28(37-36-27)34-17(3)15-39;/h4-14,16-17,39H,15H2,1-3H3,(H,35,40)(H2,33,34,36,37);1H/t17-;/m1./s1. The summed E-state index contributed by atoms with van der Waals surface area (Å²) in [6.45, 7) is 5.46. The minimum Gasteiger partial charge on any atom is -0.453 e. The van der Waals surface area contributed by atoms with E-state index in [0.717, 1.165) is 6.07 Å². The van der Waals surface area contributed by atoms with Crippen LogP contribution >= 0.6 is 12.4 Å². The number of ether oxygens (including phenoxy) is 1. The van der Waals surface area contributed by atoms with E-state index < -0.39 is 23.1 Å². The minimum absolute atomic E-state index is 0. The number of nitrogens with zero attached hydrogens (tertiary/aromatic N) is 3. The van der Waals surface area contributed by atoms with E-state index >= 15 is 4.39 Å². The molecule has 43 heavy (non-hydrogen) atoms. The van der Waals surface area contributed by atoms with Gasteiger partial charge in [0, 0.05) is 41.9 Å². The summed E-state index contributed by atoms with van der Waals surface area (Å²) in [6, 6.07) is 12.0. The fraction of sp³-hybridized carbons (Fsp3) is 0.200. The number of halogens is 3. The molecular formula is C30H29ClF2N6O4. The van der Waals surface area contributed by atoms with Gasteiger partial charge >= 0.3 is 0 Å². The van der Waals surface area contributed by atoms with Crippen molar-refractivity contribution in [3.05, 3.63) is 100 Å². The van der Waals surface area contributed by atoms with E-state index in [-0.39, 0.29) is 53.7 Å². The van der Waals surface area contributed by atoms with Crippen LogP contribution in [0.4, 0.5) is 20.3 Å². The Kier molecular flexibility index (Phi) is 9.42. The van der Waals surface area contributed by atoms with Gasteiger partial charge < -0.3 is 20.5 Å². The molecular weight excluding hydrogens is 582 g/mol. The summed E-state index contributed by atoms with van der Waals surface area (Å²) >= 11 is 0. The number of rotatable bonds is 9. The largest absolute Gasteiger partial charge is 0.453 e. The molecule has 3 heterocycles. The number of hydrogen-bond acceptors (Lipinski definition) is 7. The van der Waals surface area contributed by atoms with Gasteiger partial charge in [0.05, 0.1) is 6.61 Å². The van der Waals surface area contributed by atoms with Gasteiger partial charge in [0.1, 0.15) is 22.5 Å². The summed E-state index contributed by atoms with van der Waals surface area (Å²) in [5, 5.41) is 22.4. The molecule has 3 aromatic heterocycles. The molecule has 0 aliphatic rings. The molecule has 4 N–H and O–H groups in total. The second-order valence-electron chi connectivity index (χ2n) is 10.0. The maximum absolute atomic E-state index is 15.2. The average Bonchev–Trinajstić information content (AvgIpc) is 3.38. The number of aromatic amines is 1. The maximum atomic E-state index is 15.2. The van der Waals surface area contributed by atoms with Crippen molar-refractivity contribution in [1.29, 1.82) is 0 Å². The first-order valence-corrected chi connectivity index (χ1v) is 13.2. The lowest BCUT2D eigenvalue weighted by molar-refractivity contribution is 0.102. The first kappa shape index (κ1) is 31.1. The maximum Gasteiger partial charge on any atom is 0.267 e. The zero-order valence-corrected chi connectivity index (χ0v) is 24.2. The third kappa shape index (κ3) is 6.65. The Morgan fingerprint density at radius 2 is 1.81 bits per heavy atom. The van der Waals surface area contributed by atoms with Crippen molar-refractivity contribution in [1.82, 2.24) is 19.7 Å². The van der Waals surface area contributed by atoms with Crippen LogP contribution < -0.4 is 20.9 Å². The first-order chi connectivity index (χ1) is 20.1. The molecule has 224 valence electrons. The molecule has 0 aliphatic heterocycles. The monoisotopic (exact) mass is 610 g/mol. The van der Waals surface area contributed by atoms with Crippen molar-refractivity contribution in [2.24, 2.45) is 0 Å². The van der Waals surface area contributed by atoms with E-state index in [1.165, 1.54) is 53.2 Å². The second-order valence-corrected chi connectivity index (χ2v) is 10.0. The highest BCUT2D eigenvalue weighted by molar-refractivity contribution is 6.04. The number of carbonyl (C=O) groups is 1. The van der Waals surface area contributed by atoms with Crippen LogP contribution in [0.25, 0.3) is 16.7 Å². The van der Waals surface area contributed by atoms with Gasteiger partial charge in [0.25, 0.3) is 11.5 Å². The number of aromatic nitrogens is 4. The Morgan fingerprint density at radius 1 is 1.07 bits per heavy atom. The number of hydrogen-bond donors (Lipinski definition) is 4. The molecule has 0 radical (unpaired) electrons. The molecule has 0 spiro atoms. The summed E-state index contributed by atoms with van der Waals surface area (Å²) in [5.41, 5.74) is 0.865. The molecule has 0 aliphatic carbocycles. The van der Waals surface area contributed by atoms with Gasteiger partial charge in [0.15, 0.2) is 23.0 Å². The highest BCUT2D eigenvalue weighted by Gasteiger charge is 2.19. The second kappa shape index (κ2) is 13.0. The molecule has 0 bridgehead atoms. The molecule has 2 aromatic carbocycles. The van der Waals surface area contributed by atoms with Crippen molar-refractivity contribution in [2.75, 3.05) is 17.2 Å². The molecule has 1 atom stereocenters. The van der Waals surface area contributed by atoms with Crippen LogP contribution in [-0.4, -0.2) is 43.4 Å². The molecule has 5 rings (SSSR count). The van der Waals surface area contributed by atoms with Crippen LogP contribution in [-0.2, 0) is 0 Å². The van der Waals surface area contributed by atoms with Crippen LogP contribution in [0.2, 0.25) is 0 Å². The van der Waals surface area contributed by atoms with Gasteiger partial charge in [-0.2, -0.15) is 5.10 Å². The molecule has 0 unspecified atom stereocenters. The quantitative estimate of drug-likeness (QED) is 0.166. The lowest BCUT2D eigenvalue weighted by atomic mass is 10.0. The van der Waals surface area contributed by atoms with Gasteiger partial charge in [-0.05, 0) is 60.9 Å². The summed E-state index contributed by atoms with van der Waals surface area (Å²) in [7, 11) is 0. The summed E-state index contributed by atoms with van der Waals surface area (Å²) < 4.78 is 35.8. The third-order valence-electron chi connectivity index (χ3n) is 6.54. The number of H-pyrrole nitrogens is 1. The fourth-order valence-electron chi connectivity index (χ4n) is 4.24. The van der Waals surface area contributed by atoms with Crippen molar-refractivity contribution in [3.63, 3.8) is 0 Å². The van der Waals surface area contributed by atoms with E-state index in [2.05, 4.69) is 25.8 Å². The number of aliphatic hydroxyl groups excluding tert-OH is 1. The zero-order valence-electron chi connectivity index (χ0n) is 23.4. The number of anilines is 2. The van der Waals surface area contributed by atoms with E-state index in [9.17, 15) is 19.1 Å². The van der Waals surface area contributed by atoms with Gasteiger partial charge in [-0.15, -0.1) is 12.4 Å². The molecule has 0 saturated carbocycles. The lowest BCUT2D eigenvalue weighted by Gasteiger charge is -2.15. The number of benzene rings is 2. The molecule has 13 heteroatoms. The van der Waals surface area contributed by atoms with Crippen LogP contribution in [0.3, 0.4) is 0 Å². The first-order valence-electron chi connectivity index (χ1n) is 13.2. The minimum atomic E-state index is -0.765. The van der Waals surface area contributed by atoms with Gasteiger partial charge in [0.2, 0.25) is 0 Å². The topological polar surface area (TPSA) is 134 Å². The SMILES string of the molecule is CC(C)c1cc(C(=O)Nc2ccc(Oc3ccnc4[nH]nc(N[C@H](C)CO)c34)c(F)c2)c(=O)n(-c2ccc(F)cc2)c1.Cl. The summed E-state index contributed by atoms with van der Waals surface area (Å²) in [4.78, 5) is 30.7. The number of pyridine rings is 2.